The van der Waals surface area contributed by atoms with Crippen molar-refractivity contribution in [2.45, 2.75) is 51.0 Å². The maximum absolute atomic E-state index is 12.4. The third-order valence-corrected chi connectivity index (χ3v) is 4.26. The normalized spacial score (nSPS) is 26.2. The molecular weight excluding hydrogens is 244 g/mol. The van der Waals surface area contributed by atoms with E-state index in [9.17, 15) is 14.7 Å². The third-order valence-electron chi connectivity index (χ3n) is 4.26. The topological polar surface area (TPSA) is 69.6 Å². The van der Waals surface area contributed by atoms with Crippen molar-refractivity contribution in [3.8, 4) is 0 Å². The molecule has 1 saturated carbocycles. The van der Waals surface area contributed by atoms with Gasteiger partial charge in [0.15, 0.2) is 0 Å². The van der Waals surface area contributed by atoms with Gasteiger partial charge in [0.1, 0.15) is 5.60 Å². The number of carbonyl (C=O) groups excluding carboxylic acids is 2. The molecule has 2 aliphatic rings. The first kappa shape index (κ1) is 14.3. The summed E-state index contributed by atoms with van der Waals surface area (Å²) in [6, 6.07) is 0. The number of amides is 2. The quantitative estimate of drug-likeness (QED) is 0.790. The third kappa shape index (κ3) is 3.08. The summed E-state index contributed by atoms with van der Waals surface area (Å²) in [6.07, 6.45) is 4.62. The molecule has 1 aliphatic heterocycles. The highest BCUT2D eigenvalue weighted by Gasteiger charge is 2.43. The van der Waals surface area contributed by atoms with Crippen molar-refractivity contribution in [2.75, 3.05) is 19.6 Å². The number of aliphatic hydroxyl groups is 1. The number of piperidine rings is 1. The second-order valence-electron chi connectivity index (χ2n) is 5.72. The van der Waals surface area contributed by atoms with E-state index in [-0.39, 0.29) is 17.7 Å². The van der Waals surface area contributed by atoms with Crippen LogP contribution in [0.3, 0.4) is 0 Å². The smallest absolute Gasteiger partial charge is 0.254 e. The molecule has 1 unspecified atom stereocenters. The van der Waals surface area contributed by atoms with Crippen molar-refractivity contribution in [2.24, 2.45) is 5.92 Å². The van der Waals surface area contributed by atoms with E-state index in [4.69, 9.17) is 0 Å². The maximum atomic E-state index is 12.4. The standard InChI is InChI=1S/C14H24N2O3/c1-2-15-12(17)11-6-5-9-16(10-11)13(18)14(19)7-3-4-8-14/h11,19H,2-10H2,1H3,(H,15,17). The summed E-state index contributed by atoms with van der Waals surface area (Å²) in [5, 5.41) is 13.2. The molecule has 2 rings (SSSR count). The van der Waals surface area contributed by atoms with E-state index in [1.54, 1.807) is 4.90 Å². The minimum absolute atomic E-state index is 0.0263. The van der Waals surface area contributed by atoms with Gasteiger partial charge in [-0.1, -0.05) is 0 Å². The number of hydrogen-bond donors (Lipinski definition) is 2. The van der Waals surface area contributed by atoms with Crippen LogP contribution in [0.25, 0.3) is 0 Å². The van der Waals surface area contributed by atoms with E-state index in [0.717, 1.165) is 25.7 Å². The highest BCUT2D eigenvalue weighted by Crippen LogP contribution is 2.32. The second-order valence-corrected chi connectivity index (χ2v) is 5.72. The van der Waals surface area contributed by atoms with Gasteiger partial charge in [-0.05, 0) is 45.4 Å². The van der Waals surface area contributed by atoms with Gasteiger partial charge in [-0.25, -0.2) is 0 Å². The van der Waals surface area contributed by atoms with Crippen molar-refractivity contribution in [3.05, 3.63) is 0 Å². The van der Waals surface area contributed by atoms with E-state index in [2.05, 4.69) is 5.32 Å². The Hall–Kier alpha value is -1.10. The SMILES string of the molecule is CCNC(=O)C1CCCN(C(=O)C2(O)CCCC2)C1. The van der Waals surface area contributed by atoms with Crippen LogP contribution in [0.2, 0.25) is 0 Å². The first-order chi connectivity index (χ1) is 9.07. The molecule has 2 fully saturated rings. The summed E-state index contributed by atoms with van der Waals surface area (Å²) < 4.78 is 0. The van der Waals surface area contributed by atoms with Gasteiger partial charge in [-0.3, -0.25) is 9.59 Å². The molecule has 0 radical (unpaired) electrons. The van der Waals surface area contributed by atoms with Gasteiger partial charge in [0.2, 0.25) is 5.91 Å². The molecule has 1 heterocycles. The Morgan fingerprint density at radius 1 is 1.32 bits per heavy atom. The van der Waals surface area contributed by atoms with Gasteiger partial charge >= 0.3 is 0 Å². The van der Waals surface area contributed by atoms with Crippen LogP contribution in [0.15, 0.2) is 0 Å². The van der Waals surface area contributed by atoms with Crippen LogP contribution in [-0.4, -0.2) is 47.1 Å². The molecular formula is C14H24N2O3. The Kier molecular flexibility index (Phi) is 4.45. The van der Waals surface area contributed by atoms with Crippen LogP contribution in [-0.2, 0) is 9.59 Å². The Bertz CT molecular complexity index is 351. The van der Waals surface area contributed by atoms with Gasteiger partial charge < -0.3 is 15.3 Å². The molecule has 5 nitrogen and oxygen atoms in total. The molecule has 19 heavy (non-hydrogen) atoms. The molecule has 2 N–H and O–H groups in total. The minimum Gasteiger partial charge on any atom is -0.380 e. The molecule has 2 amide bonds. The zero-order valence-electron chi connectivity index (χ0n) is 11.7. The second kappa shape index (κ2) is 5.90. The van der Waals surface area contributed by atoms with Crippen LogP contribution in [0.5, 0.6) is 0 Å². The highest BCUT2D eigenvalue weighted by molar-refractivity contribution is 5.86. The van der Waals surface area contributed by atoms with Gasteiger partial charge in [0, 0.05) is 19.6 Å². The molecule has 0 aromatic heterocycles. The summed E-state index contributed by atoms with van der Waals surface area (Å²) in [5.41, 5.74) is -1.16. The van der Waals surface area contributed by atoms with Gasteiger partial charge in [-0.15, -0.1) is 0 Å². The Balaban J connectivity index is 1.97. The highest BCUT2D eigenvalue weighted by atomic mass is 16.3. The largest absolute Gasteiger partial charge is 0.380 e. The number of nitrogens with zero attached hydrogens (tertiary/aromatic N) is 1. The van der Waals surface area contributed by atoms with Crippen LogP contribution in [0.1, 0.15) is 45.4 Å². The first-order valence-electron chi connectivity index (χ1n) is 7.36. The van der Waals surface area contributed by atoms with Crippen molar-refractivity contribution in [1.29, 1.82) is 0 Å². The predicted molar refractivity (Wildman–Crippen MR) is 71.4 cm³/mol. The molecule has 0 bridgehead atoms. The Labute approximate surface area is 114 Å². The molecule has 1 aliphatic carbocycles. The zero-order chi connectivity index (χ0) is 13.9. The molecule has 1 saturated heterocycles. The van der Waals surface area contributed by atoms with Crippen LogP contribution < -0.4 is 5.32 Å². The fourth-order valence-electron chi connectivity index (χ4n) is 3.16. The minimum atomic E-state index is -1.16. The molecule has 0 aromatic rings. The van der Waals surface area contributed by atoms with Crippen LogP contribution in [0.4, 0.5) is 0 Å². The first-order valence-corrected chi connectivity index (χ1v) is 7.36. The van der Waals surface area contributed by atoms with Crippen molar-refractivity contribution in [1.82, 2.24) is 10.2 Å². The predicted octanol–water partition coefficient (Wildman–Crippen LogP) is 0.666. The lowest BCUT2D eigenvalue weighted by Crippen LogP contribution is -2.52. The molecule has 1 atom stereocenters. The average Bonchev–Trinajstić information content (AvgIpc) is 2.86. The fraction of sp³-hybridized carbons (Fsp3) is 0.857. The summed E-state index contributed by atoms with van der Waals surface area (Å²) in [5.74, 6) is -0.264. The van der Waals surface area contributed by atoms with Gasteiger partial charge in [0.25, 0.3) is 5.91 Å². The molecule has 5 heteroatoms. The van der Waals surface area contributed by atoms with E-state index in [0.29, 0.717) is 32.5 Å². The zero-order valence-corrected chi connectivity index (χ0v) is 11.7. The lowest BCUT2D eigenvalue weighted by molar-refractivity contribution is -0.153. The average molecular weight is 268 g/mol. The molecule has 108 valence electrons. The number of likely N-dealkylation sites (tertiary alicyclic amines) is 1. The van der Waals surface area contributed by atoms with E-state index in [1.807, 2.05) is 6.92 Å². The van der Waals surface area contributed by atoms with Crippen molar-refractivity contribution in [3.63, 3.8) is 0 Å². The summed E-state index contributed by atoms with van der Waals surface area (Å²) in [7, 11) is 0. The van der Waals surface area contributed by atoms with E-state index >= 15 is 0 Å². The Morgan fingerprint density at radius 3 is 2.63 bits per heavy atom. The lowest BCUT2D eigenvalue weighted by Gasteiger charge is -2.36. The number of carbonyl (C=O) groups is 2. The van der Waals surface area contributed by atoms with Gasteiger partial charge in [0.05, 0.1) is 5.92 Å². The summed E-state index contributed by atoms with van der Waals surface area (Å²) in [4.78, 5) is 25.9. The molecule has 0 aromatic carbocycles. The monoisotopic (exact) mass is 268 g/mol. The number of hydrogen-bond acceptors (Lipinski definition) is 3. The van der Waals surface area contributed by atoms with E-state index in [1.165, 1.54) is 0 Å². The number of nitrogens with one attached hydrogen (secondary N) is 1. The van der Waals surface area contributed by atoms with Crippen LogP contribution >= 0.6 is 0 Å². The summed E-state index contributed by atoms with van der Waals surface area (Å²) >= 11 is 0. The van der Waals surface area contributed by atoms with Crippen molar-refractivity contribution < 1.29 is 14.7 Å². The Morgan fingerprint density at radius 2 is 2.00 bits per heavy atom. The van der Waals surface area contributed by atoms with Gasteiger partial charge in [-0.2, -0.15) is 0 Å². The fourth-order valence-corrected chi connectivity index (χ4v) is 3.16. The number of rotatable bonds is 3. The van der Waals surface area contributed by atoms with E-state index < -0.39 is 5.60 Å². The summed E-state index contributed by atoms with van der Waals surface area (Å²) in [6.45, 7) is 3.63. The van der Waals surface area contributed by atoms with Crippen LogP contribution in [0, 0.1) is 5.92 Å². The maximum Gasteiger partial charge on any atom is 0.254 e. The van der Waals surface area contributed by atoms with Crippen molar-refractivity contribution >= 4 is 11.8 Å². The molecule has 0 spiro atoms. The lowest BCUT2D eigenvalue weighted by atomic mass is 9.93.